The van der Waals surface area contributed by atoms with Gasteiger partial charge in [0.25, 0.3) is 5.91 Å². The molecular formula is C18H18N2O3S. The molecule has 0 saturated carbocycles. The number of anilines is 1. The molecule has 5 nitrogen and oxygen atoms in total. The van der Waals surface area contributed by atoms with Gasteiger partial charge in [-0.25, -0.2) is 4.98 Å². The number of methoxy groups -OCH3 is 2. The zero-order valence-electron chi connectivity index (χ0n) is 13.8. The van der Waals surface area contributed by atoms with Crippen LogP contribution in [-0.4, -0.2) is 25.1 Å². The van der Waals surface area contributed by atoms with Crippen molar-refractivity contribution in [3.8, 4) is 11.5 Å². The Bertz CT molecular complexity index is 889. The van der Waals surface area contributed by atoms with E-state index in [9.17, 15) is 4.79 Å². The van der Waals surface area contributed by atoms with Crippen molar-refractivity contribution in [2.24, 2.45) is 0 Å². The van der Waals surface area contributed by atoms with Crippen molar-refractivity contribution in [3.63, 3.8) is 0 Å². The lowest BCUT2D eigenvalue weighted by Gasteiger charge is -2.09. The second kappa shape index (κ2) is 6.88. The molecular weight excluding hydrogens is 324 g/mol. The summed E-state index contributed by atoms with van der Waals surface area (Å²) in [5, 5.41) is 3.42. The van der Waals surface area contributed by atoms with Crippen LogP contribution in [0.5, 0.6) is 11.5 Å². The standard InChI is InChI=1S/C18H18N2O3S/c1-4-11-5-8-14-16(9-11)24-18(19-14)20-17(21)13-7-6-12(22-2)10-15(13)23-3/h5-10H,4H2,1-3H3,(H,19,20,21). The van der Waals surface area contributed by atoms with E-state index in [1.807, 2.05) is 6.07 Å². The average Bonchev–Trinajstić information content (AvgIpc) is 3.01. The molecule has 6 heteroatoms. The normalized spacial score (nSPS) is 10.6. The van der Waals surface area contributed by atoms with Gasteiger partial charge in [-0.05, 0) is 36.2 Å². The van der Waals surface area contributed by atoms with Gasteiger partial charge in [0.05, 0.1) is 30.0 Å². The lowest BCUT2D eigenvalue weighted by atomic mass is 10.2. The minimum absolute atomic E-state index is 0.260. The minimum Gasteiger partial charge on any atom is -0.497 e. The molecule has 1 amide bonds. The largest absolute Gasteiger partial charge is 0.497 e. The first-order chi connectivity index (χ1) is 11.6. The van der Waals surface area contributed by atoms with Crippen LogP contribution >= 0.6 is 11.3 Å². The van der Waals surface area contributed by atoms with Crippen LogP contribution in [0.1, 0.15) is 22.8 Å². The van der Waals surface area contributed by atoms with E-state index >= 15 is 0 Å². The monoisotopic (exact) mass is 342 g/mol. The van der Waals surface area contributed by atoms with Crippen molar-refractivity contribution in [2.75, 3.05) is 19.5 Å². The fraction of sp³-hybridized carbons (Fsp3) is 0.222. The van der Waals surface area contributed by atoms with Gasteiger partial charge in [-0.2, -0.15) is 0 Å². The number of carbonyl (C=O) groups is 1. The number of carbonyl (C=O) groups excluding carboxylic acids is 1. The maximum absolute atomic E-state index is 12.5. The van der Waals surface area contributed by atoms with Gasteiger partial charge in [-0.1, -0.05) is 24.3 Å². The molecule has 0 atom stereocenters. The highest BCUT2D eigenvalue weighted by Gasteiger charge is 2.15. The maximum atomic E-state index is 12.5. The summed E-state index contributed by atoms with van der Waals surface area (Å²) in [6.45, 7) is 2.11. The maximum Gasteiger partial charge on any atom is 0.261 e. The lowest BCUT2D eigenvalue weighted by Crippen LogP contribution is -2.13. The SMILES string of the molecule is CCc1ccc2nc(NC(=O)c3ccc(OC)cc3OC)sc2c1. The molecule has 3 aromatic rings. The number of nitrogens with zero attached hydrogens (tertiary/aromatic N) is 1. The first kappa shape index (κ1) is 16.3. The van der Waals surface area contributed by atoms with Gasteiger partial charge in [0.15, 0.2) is 5.13 Å². The molecule has 1 aromatic heterocycles. The second-order valence-electron chi connectivity index (χ2n) is 5.19. The molecule has 0 saturated heterocycles. The van der Waals surface area contributed by atoms with Crippen LogP contribution in [0, 0.1) is 0 Å². The van der Waals surface area contributed by atoms with Crippen LogP contribution < -0.4 is 14.8 Å². The molecule has 2 aromatic carbocycles. The molecule has 124 valence electrons. The predicted octanol–water partition coefficient (Wildman–Crippen LogP) is 4.13. The third kappa shape index (κ3) is 3.19. The van der Waals surface area contributed by atoms with Crippen molar-refractivity contribution in [2.45, 2.75) is 13.3 Å². The number of benzene rings is 2. The van der Waals surface area contributed by atoms with E-state index in [1.165, 1.54) is 24.0 Å². The number of hydrogen-bond acceptors (Lipinski definition) is 5. The van der Waals surface area contributed by atoms with Crippen LogP contribution in [0.15, 0.2) is 36.4 Å². The lowest BCUT2D eigenvalue weighted by molar-refractivity contribution is 0.102. The summed E-state index contributed by atoms with van der Waals surface area (Å²) in [7, 11) is 3.09. The van der Waals surface area contributed by atoms with Crippen LogP contribution in [-0.2, 0) is 6.42 Å². The Morgan fingerprint density at radius 1 is 1.17 bits per heavy atom. The molecule has 0 radical (unpaired) electrons. The van der Waals surface area contributed by atoms with Gasteiger partial charge in [-0.3, -0.25) is 10.1 Å². The van der Waals surface area contributed by atoms with Gasteiger partial charge >= 0.3 is 0 Å². The Morgan fingerprint density at radius 2 is 2.00 bits per heavy atom. The number of amides is 1. The van der Waals surface area contributed by atoms with Gasteiger partial charge < -0.3 is 9.47 Å². The molecule has 1 heterocycles. The van der Waals surface area contributed by atoms with Crippen LogP contribution in [0.4, 0.5) is 5.13 Å². The quantitative estimate of drug-likeness (QED) is 0.757. The zero-order chi connectivity index (χ0) is 17.1. The summed E-state index contributed by atoms with van der Waals surface area (Å²) in [4.78, 5) is 17.0. The van der Waals surface area contributed by atoms with E-state index in [0.29, 0.717) is 22.2 Å². The molecule has 0 bridgehead atoms. The second-order valence-corrected chi connectivity index (χ2v) is 6.23. The summed E-state index contributed by atoms with van der Waals surface area (Å²) in [6.07, 6.45) is 0.971. The molecule has 0 aliphatic heterocycles. The predicted molar refractivity (Wildman–Crippen MR) is 96.5 cm³/mol. The molecule has 1 N–H and O–H groups in total. The number of rotatable bonds is 5. The summed E-state index contributed by atoms with van der Waals surface area (Å²) in [5.74, 6) is 0.834. The van der Waals surface area contributed by atoms with Gasteiger partial charge in [0.1, 0.15) is 11.5 Å². The minimum atomic E-state index is -0.260. The summed E-state index contributed by atoms with van der Waals surface area (Å²) in [6, 6.07) is 11.2. The molecule has 0 aliphatic rings. The van der Waals surface area contributed by atoms with E-state index in [4.69, 9.17) is 9.47 Å². The molecule has 24 heavy (non-hydrogen) atoms. The number of aromatic nitrogens is 1. The van der Waals surface area contributed by atoms with Crippen molar-refractivity contribution in [1.82, 2.24) is 4.98 Å². The van der Waals surface area contributed by atoms with E-state index in [-0.39, 0.29) is 5.91 Å². The van der Waals surface area contributed by atoms with Gasteiger partial charge in [0.2, 0.25) is 0 Å². The number of ether oxygens (including phenoxy) is 2. The van der Waals surface area contributed by atoms with E-state index in [0.717, 1.165) is 16.6 Å². The van der Waals surface area contributed by atoms with E-state index in [2.05, 4.69) is 29.4 Å². The Hall–Kier alpha value is -2.60. The summed E-state index contributed by atoms with van der Waals surface area (Å²) < 4.78 is 11.5. The van der Waals surface area contributed by atoms with Crippen LogP contribution in [0.2, 0.25) is 0 Å². The van der Waals surface area contributed by atoms with E-state index < -0.39 is 0 Å². The Labute approximate surface area is 144 Å². The highest BCUT2D eigenvalue weighted by atomic mass is 32.1. The zero-order valence-corrected chi connectivity index (χ0v) is 14.6. The van der Waals surface area contributed by atoms with E-state index in [1.54, 1.807) is 25.3 Å². The molecule has 0 aliphatic carbocycles. The Morgan fingerprint density at radius 3 is 2.71 bits per heavy atom. The number of hydrogen-bond donors (Lipinski definition) is 1. The van der Waals surface area contributed by atoms with Crippen LogP contribution in [0.25, 0.3) is 10.2 Å². The number of aryl methyl sites for hydroxylation is 1. The fourth-order valence-electron chi connectivity index (χ4n) is 2.39. The van der Waals surface area contributed by atoms with Crippen molar-refractivity contribution >= 4 is 32.6 Å². The van der Waals surface area contributed by atoms with Gasteiger partial charge in [-0.15, -0.1) is 0 Å². The number of thiazole rings is 1. The third-order valence-electron chi connectivity index (χ3n) is 3.73. The number of nitrogens with one attached hydrogen (secondary N) is 1. The topological polar surface area (TPSA) is 60.5 Å². The highest BCUT2D eigenvalue weighted by molar-refractivity contribution is 7.22. The first-order valence-corrected chi connectivity index (χ1v) is 8.39. The van der Waals surface area contributed by atoms with Crippen LogP contribution in [0.3, 0.4) is 0 Å². The van der Waals surface area contributed by atoms with Crippen molar-refractivity contribution in [3.05, 3.63) is 47.5 Å². The van der Waals surface area contributed by atoms with Crippen molar-refractivity contribution < 1.29 is 14.3 Å². The van der Waals surface area contributed by atoms with Crippen molar-refractivity contribution in [1.29, 1.82) is 0 Å². The summed E-state index contributed by atoms with van der Waals surface area (Å²) in [5.41, 5.74) is 2.57. The highest BCUT2D eigenvalue weighted by Crippen LogP contribution is 2.29. The molecule has 0 unspecified atom stereocenters. The Balaban J connectivity index is 1.87. The molecule has 0 fully saturated rings. The number of fused-ring (bicyclic) bond motifs is 1. The summed E-state index contributed by atoms with van der Waals surface area (Å²) >= 11 is 1.46. The average molecular weight is 342 g/mol. The van der Waals surface area contributed by atoms with Gasteiger partial charge in [0, 0.05) is 6.07 Å². The fourth-order valence-corrected chi connectivity index (χ4v) is 3.32. The first-order valence-electron chi connectivity index (χ1n) is 7.57. The molecule has 3 rings (SSSR count). The smallest absolute Gasteiger partial charge is 0.261 e. The Kier molecular flexibility index (Phi) is 4.66. The third-order valence-corrected chi connectivity index (χ3v) is 4.67. The molecule has 0 spiro atoms.